The molecule has 0 saturated carbocycles. The van der Waals surface area contributed by atoms with E-state index < -0.39 is 12.1 Å². The minimum atomic E-state index is -1.99. The monoisotopic (exact) mass is 252 g/mol. The van der Waals surface area contributed by atoms with E-state index in [-0.39, 0.29) is 18.0 Å². The van der Waals surface area contributed by atoms with Crippen LogP contribution in [0.4, 0.5) is 8.78 Å². The molecule has 0 fully saturated rings. The number of halogens is 2. The van der Waals surface area contributed by atoms with Crippen LogP contribution in [0.3, 0.4) is 0 Å². The first kappa shape index (κ1) is 12.3. The van der Waals surface area contributed by atoms with Gasteiger partial charge in [0.05, 0.1) is 0 Å². The minimum Gasteiger partial charge on any atom is -0.479 e. The van der Waals surface area contributed by atoms with Crippen LogP contribution in [0.5, 0.6) is 0 Å². The Hall–Kier alpha value is -2.17. The van der Waals surface area contributed by atoms with Crippen molar-refractivity contribution in [2.45, 2.75) is 12.6 Å². The maximum Gasteiger partial charge on any atom is 0.338 e. The first-order valence-corrected chi connectivity index (χ1v) is 5.28. The summed E-state index contributed by atoms with van der Waals surface area (Å²) in [6.07, 6.45) is -2.31. The van der Waals surface area contributed by atoms with Gasteiger partial charge in [-0.3, -0.25) is 0 Å². The number of carboxylic acids is 1. The van der Waals surface area contributed by atoms with Crippen LogP contribution in [0.25, 0.3) is 11.3 Å². The number of benzene rings is 1. The van der Waals surface area contributed by atoms with Gasteiger partial charge in [-0.2, -0.15) is 0 Å². The lowest BCUT2D eigenvalue weighted by Crippen LogP contribution is -2.16. The molecule has 2 rings (SSSR count). The second-order valence-electron chi connectivity index (χ2n) is 3.78. The first-order chi connectivity index (χ1) is 8.56. The van der Waals surface area contributed by atoms with Crippen LogP contribution in [0, 0.1) is 5.82 Å². The van der Waals surface area contributed by atoms with Crippen molar-refractivity contribution in [3.05, 3.63) is 48.0 Å². The fraction of sp³-hybridized carbons (Fsp3) is 0.154. The number of alkyl halides is 1. The fourth-order valence-electron chi connectivity index (χ4n) is 1.52. The lowest BCUT2D eigenvalue weighted by Gasteiger charge is -2.00. The van der Waals surface area contributed by atoms with Gasteiger partial charge in [0, 0.05) is 12.0 Å². The zero-order valence-corrected chi connectivity index (χ0v) is 9.27. The maximum absolute atomic E-state index is 13.0. The van der Waals surface area contributed by atoms with Crippen molar-refractivity contribution < 1.29 is 23.1 Å². The molecule has 3 nitrogen and oxygen atoms in total. The van der Waals surface area contributed by atoms with E-state index in [2.05, 4.69) is 0 Å². The summed E-state index contributed by atoms with van der Waals surface area (Å²) in [6, 6.07) is 8.73. The third-order valence-electron chi connectivity index (χ3n) is 2.44. The number of hydrogen-bond acceptors (Lipinski definition) is 2. The van der Waals surface area contributed by atoms with E-state index >= 15 is 0 Å². The average Bonchev–Trinajstić information content (AvgIpc) is 2.78. The Kier molecular flexibility index (Phi) is 3.41. The molecule has 1 aromatic heterocycles. The van der Waals surface area contributed by atoms with E-state index in [4.69, 9.17) is 9.52 Å². The van der Waals surface area contributed by atoms with Gasteiger partial charge in [0.1, 0.15) is 17.3 Å². The lowest BCUT2D eigenvalue weighted by atomic mass is 10.2. The molecule has 1 N–H and O–H groups in total. The topological polar surface area (TPSA) is 50.4 Å². The van der Waals surface area contributed by atoms with E-state index in [1.54, 1.807) is 6.07 Å². The largest absolute Gasteiger partial charge is 0.479 e. The summed E-state index contributed by atoms with van der Waals surface area (Å²) in [5.74, 6) is -1.19. The number of furan rings is 1. The predicted octanol–water partition coefficient (Wildman–Crippen LogP) is 3.05. The third kappa shape index (κ3) is 2.74. The smallest absolute Gasteiger partial charge is 0.338 e. The molecule has 94 valence electrons. The molecule has 0 aliphatic carbocycles. The van der Waals surface area contributed by atoms with Crippen molar-refractivity contribution in [1.29, 1.82) is 0 Å². The highest BCUT2D eigenvalue weighted by Gasteiger charge is 2.18. The zero-order valence-electron chi connectivity index (χ0n) is 9.27. The molecule has 5 heteroatoms. The Morgan fingerprint density at radius 3 is 2.50 bits per heavy atom. The summed E-state index contributed by atoms with van der Waals surface area (Å²) in [4.78, 5) is 10.4. The van der Waals surface area contributed by atoms with Gasteiger partial charge < -0.3 is 9.52 Å². The zero-order chi connectivity index (χ0) is 13.1. The van der Waals surface area contributed by atoms with Crippen molar-refractivity contribution in [3.63, 3.8) is 0 Å². The molecule has 1 unspecified atom stereocenters. The second-order valence-corrected chi connectivity index (χ2v) is 3.78. The summed E-state index contributed by atoms with van der Waals surface area (Å²) in [6.45, 7) is 0. The molecule has 0 bridgehead atoms. The van der Waals surface area contributed by atoms with Crippen molar-refractivity contribution in [2.75, 3.05) is 0 Å². The van der Waals surface area contributed by atoms with Crippen LogP contribution < -0.4 is 0 Å². The van der Waals surface area contributed by atoms with Crippen LogP contribution in [0.15, 0.2) is 40.8 Å². The molecule has 0 spiro atoms. The summed E-state index contributed by atoms with van der Waals surface area (Å²) in [7, 11) is 0. The Balaban J connectivity index is 2.15. The highest BCUT2D eigenvalue weighted by molar-refractivity contribution is 5.72. The van der Waals surface area contributed by atoms with Gasteiger partial charge in [-0.05, 0) is 36.4 Å². The summed E-state index contributed by atoms with van der Waals surface area (Å²) in [5.41, 5.74) is 0.647. The van der Waals surface area contributed by atoms with Crippen LogP contribution in [-0.4, -0.2) is 17.2 Å². The lowest BCUT2D eigenvalue weighted by molar-refractivity contribution is -0.142. The average molecular weight is 252 g/mol. The number of hydrogen-bond donors (Lipinski definition) is 1. The third-order valence-corrected chi connectivity index (χ3v) is 2.44. The molecule has 0 amide bonds. The van der Waals surface area contributed by atoms with Crippen LogP contribution in [-0.2, 0) is 11.2 Å². The standard InChI is InChI=1S/C13H10F2O3/c14-9-3-1-8(2-4-9)12-6-5-10(18-12)7-11(15)13(16)17/h1-6,11H,7H2,(H,16,17). The molecule has 1 heterocycles. The molecule has 1 atom stereocenters. The number of carboxylic acid groups (broad SMARTS) is 1. The number of carbonyl (C=O) groups is 1. The molecule has 0 aliphatic heterocycles. The van der Waals surface area contributed by atoms with Gasteiger partial charge in [0.15, 0.2) is 0 Å². The molecular weight excluding hydrogens is 242 g/mol. The van der Waals surface area contributed by atoms with Crippen LogP contribution in [0.1, 0.15) is 5.76 Å². The SMILES string of the molecule is O=C(O)C(F)Cc1ccc(-c2ccc(F)cc2)o1. The van der Waals surface area contributed by atoms with Crippen molar-refractivity contribution in [1.82, 2.24) is 0 Å². The summed E-state index contributed by atoms with van der Waals surface area (Å²) in [5, 5.41) is 8.44. The molecule has 0 aliphatic rings. The van der Waals surface area contributed by atoms with Gasteiger partial charge in [0.25, 0.3) is 0 Å². The normalized spacial score (nSPS) is 12.3. The van der Waals surface area contributed by atoms with E-state index in [0.29, 0.717) is 11.3 Å². The van der Waals surface area contributed by atoms with Gasteiger partial charge in [-0.1, -0.05) is 0 Å². The number of rotatable bonds is 4. The van der Waals surface area contributed by atoms with Crippen molar-refractivity contribution >= 4 is 5.97 Å². The van der Waals surface area contributed by atoms with E-state index in [9.17, 15) is 13.6 Å². The van der Waals surface area contributed by atoms with Crippen LogP contribution >= 0.6 is 0 Å². The molecule has 2 aromatic rings. The van der Waals surface area contributed by atoms with Crippen LogP contribution in [0.2, 0.25) is 0 Å². The van der Waals surface area contributed by atoms with Gasteiger partial charge in [-0.15, -0.1) is 0 Å². The summed E-state index contributed by atoms with van der Waals surface area (Å²) >= 11 is 0. The molecule has 1 aromatic carbocycles. The Morgan fingerprint density at radius 2 is 1.89 bits per heavy atom. The highest BCUT2D eigenvalue weighted by atomic mass is 19.1. The van der Waals surface area contributed by atoms with Crippen molar-refractivity contribution in [3.8, 4) is 11.3 Å². The molecule has 0 radical (unpaired) electrons. The Bertz CT molecular complexity index is 546. The van der Waals surface area contributed by atoms with E-state index in [1.807, 2.05) is 0 Å². The predicted molar refractivity (Wildman–Crippen MR) is 60.3 cm³/mol. The minimum absolute atomic E-state index is 0.240. The molecular formula is C13H10F2O3. The molecule has 0 saturated heterocycles. The number of aliphatic carboxylic acids is 1. The highest BCUT2D eigenvalue weighted by Crippen LogP contribution is 2.23. The van der Waals surface area contributed by atoms with Gasteiger partial charge >= 0.3 is 5.97 Å². The second kappa shape index (κ2) is 5.00. The quantitative estimate of drug-likeness (QED) is 0.909. The van der Waals surface area contributed by atoms with Crippen molar-refractivity contribution in [2.24, 2.45) is 0 Å². The van der Waals surface area contributed by atoms with E-state index in [0.717, 1.165) is 0 Å². The Morgan fingerprint density at radius 1 is 1.22 bits per heavy atom. The summed E-state index contributed by atoms with van der Waals surface area (Å²) < 4.78 is 31.0. The fourth-order valence-corrected chi connectivity index (χ4v) is 1.52. The maximum atomic E-state index is 13.0. The molecule has 18 heavy (non-hydrogen) atoms. The first-order valence-electron chi connectivity index (χ1n) is 5.28. The van der Waals surface area contributed by atoms with E-state index in [1.165, 1.54) is 30.3 Å². The van der Waals surface area contributed by atoms with Gasteiger partial charge in [0.2, 0.25) is 6.17 Å². The van der Waals surface area contributed by atoms with Gasteiger partial charge in [-0.25, -0.2) is 13.6 Å². The Labute approximate surface area is 102 Å².